The molecule has 0 unspecified atom stereocenters. The number of aromatic nitrogens is 1. The molecule has 1 heterocycles. The molecule has 0 spiro atoms. The van der Waals surface area contributed by atoms with Crippen LogP contribution in [0, 0.1) is 6.92 Å². The number of hydrogen-bond donors (Lipinski definition) is 1. The van der Waals surface area contributed by atoms with Crippen molar-refractivity contribution in [2.24, 2.45) is 0 Å². The minimum atomic E-state index is -0.217. The molecule has 0 saturated carbocycles. The van der Waals surface area contributed by atoms with Crippen molar-refractivity contribution in [1.29, 1.82) is 0 Å². The van der Waals surface area contributed by atoms with Crippen molar-refractivity contribution in [3.63, 3.8) is 0 Å². The van der Waals surface area contributed by atoms with E-state index in [1.165, 1.54) is 6.92 Å². The molecular weight excluding hydrogens is 180 g/mol. The van der Waals surface area contributed by atoms with Crippen LogP contribution in [0.5, 0.6) is 0 Å². The Hall–Kier alpha value is -1.71. The van der Waals surface area contributed by atoms with Gasteiger partial charge in [-0.1, -0.05) is 6.07 Å². The van der Waals surface area contributed by atoms with E-state index in [2.05, 4.69) is 10.3 Å². The number of pyridine rings is 1. The summed E-state index contributed by atoms with van der Waals surface area (Å²) in [7, 11) is 0. The summed E-state index contributed by atoms with van der Waals surface area (Å²) in [5.74, 6) is -0.394. The van der Waals surface area contributed by atoms with Crippen molar-refractivity contribution in [3.8, 4) is 0 Å². The molecule has 0 fully saturated rings. The van der Waals surface area contributed by atoms with Crippen molar-refractivity contribution >= 4 is 11.7 Å². The molecule has 0 aliphatic heterocycles. The number of hydrogen-bond acceptors (Lipinski definition) is 3. The minimum absolute atomic E-state index is 0.00574. The first-order valence-corrected chi connectivity index (χ1v) is 4.31. The van der Waals surface area contributed by atoms with E-state index < -0.39 is 0 Å². The molecule has 1 aromatic rings. The van der Waals surface area contributed by atoms with E-state index in [-0.39, 0.29) is 18.2 Å². The van der Waals surface area contributed by atoms with Gasteiger partial charge in [0.25, 0.3) is 0 Å². The third-order valence-corrected chi connectivity index (χ3v) is 1.67. The fourth-order valence-corrected chi connectivity index (χ4v) is 0.994. The van der Waals surface area contributed by atoms with Crippen LogP contribution in [0.2, 0.25) is 0 Å². The first kappa shape index (κ1) is 10.4. The van der Waals surface area contributed by atoms with Crippen LogP contribution in [0.4, 0.5) is 0 Å². The normalized spacial score (nSPS) is 9.57. The van der Waals surface area contributed by atoms with Crippen LogP contribution in [0.15, 0.2) is 18.2 Å². The van der Waals surface area contributed by atoms with Crippen molar-refractivity contribution in [2.75, 3.05) is 6.54 Å². The number of rotatable bonds is 3. The lowest BCUT2D eigenvalue weighted by Crippen LogP contribution is -2.27. The van der Waals surface area contributed by atoms with Crippen LogP contribution < -0.4 is 5.32 Å². The Labute approximate surface area is 82.3 Å². The highest BCUT2D eigenvalue weighted by Gasteiger charge is 2.07. The summed E-state index contributed by atoms with van der Waals surface area (Å²) < 4.78 is 0. The molecule has 0 radical (unpaired) electrons. The summed E-state index contributed by atoms with van der Waals surface area (Å²) in [5, 5.41) is 2.43. The first-order valence-electron chi connectivity index (χ1n) is 4.31. The topological polar surface area (TPSA) is 59.1 Å². The van der Waals surface area contributed by atoms with Crippen LogP contribution in [-0.4, -0.2) is 23.2 Å². The second-order valence-electron chi connectivity index (χ2n) is 3.00. The van der Waals surface area contributed by atoms with Crippen LogP contribution in [0.3, 0.4) is 0 Å². The fraction of sp³-hybridized carbons (Fsp3) is 0.300. The molecule has 0 saturated heterocycles. The maximum absolute atomic E-state index is 11.4. The van der Waals surface area contributed by atoms with Gasteiger partial charge in [0, 0.05) is 12.6 Å². The van der Waals surface area contributed by atoms with Gasteiger partial charge < -0.3 is 5.32 Å². The van der Waals surface area contributed by atoms with Crippen molar-refractivity contribution in [1.82, 2.24) is 10.3 Å². The second kappa shape index (κ2) is 4.50. The molecule has 74 valence electrons. The summed E-state index contributed by atoms with van der Waals surface area (Å²) in [4.78, 5) is 26.0. The number of ketones is 1. The van der Waals surface area contributed by atoms with E-state index >= 15 is 0 Å². The van der Waals surface area contributed by atoms with Gasteiger partial charge in [0.15, 0.2) is 5.78 Å². The van der Waals surface area contributed by atoms with Gasteiger partial charge in [-0.25, -0.2) is 4.98 Å². The fourth-order valence-electron chi connectivity index (χ4n) is 0.994. The van der Waals surface area contributed by atoms with Crippen LogP contribution in [0.1, 0.15) is 23.1 Å². The predicted octanol–water partition coefficient (Wildman–Crippen LogP) is 0.709. The average Bonchev–Trinajstić information content (AvgIpc) is 2.14. The van der Waals surface area contributed by atoms with Crippen molar-refractivity contribution in [3.05, 3.63) is 29.6 Å². The Morgan fingerprint density at radius 2 is 2.14 bits per heavy atom. The van der Waals surface area contributed by atoms with Crippen molar-refractivity contribution < 1.29 is 9.59 Å². The largest absolute Gasteiger partial charge is 0.349 e. The molecule has 1 N–H and O–H groups in total. The Balaban J connectivity index is 2.65. The molecule has 1 rings (SSSR count). The van der Waals surface area contributed by atoms with Gasteiger partial charge in [0.1, 0.15) is 5.69 Å². The molecule has 0 aromatic carbocycles. The Morgan fingerprint density at radius 1 is 1.43 bits per heavy atom. The van der Waals surface area contributed by atoms with Crippen LogP contribution in [0.25, 0.3) is 0 Å². The highest BCUT2D eigenvalue weighted by atomic mass is 16.2. The zero-order valence-electron chi connectivity index (χ0n) is 8.20. The number of carbonyl (C=O) groups is 2. The van der Waals surface area contributed by atoms with E-state index in [9.17, 15) is 9.59 Å². The van der Waals surface area contributed by atoms with Gasteiger partial charge in [-0.15, -0.1) is 0 Å². The maximum Gasteiger partial charge on any atom is 0.217 e. The summed E-state index contributed by atoms with van der Waals surface area (Å²) in [6, 6.07) is 5.22. The molecule has 1 amide bonds. The minimum Gasteiger partial charge on any atom is -0.349 e. The summed E-state index contributed by atoms with van der Waals surface area (Å²) >= 11 is 0. The average molecular weight is 192 g/mol. The Kier molecular flexibility index (Phi) is 3.34. The van der Waals surface area contributed by atoms with Crippen LogP contribution >= 0.6 is 0 Å². The molecule has 0 aliphatic carbocycles. The number of nitrogens with zero attached hydrogens (tertiary/aromatic N) is 1. The lowest BCUT2D eigenvalue weighted by Gasteiger charge is -2.01. The van der Waals surface area contributed by atoms with E-state index in [1.54, 1.807) is 12.1 Å². The number of carbonyl (C=O) groups excluding carboxylic acids is 2. The molecular formula is C10H12N2O2. The lowest BCUT2D eigenvalue weighted by atomic mass is 10.2. The molecule has 4 nitrogen and oxygen atoms in total. The van der Waals surface area contributed by atoms with Gasteiger partial charge in [-0.05, 0) is 19.1 Å². The molecule has 0 bridgehead atoms. The van der Waals surface area contributed by atoms with E-state index in [0.29, 0.717) is 5.69 Å². The van der Waals surface area contributed by atoms with Crippen LogP contribution in [-0.2, 0) is 4.79 Å². The Morgan fingerprint density at radius 3 is 2.71 bits per heavy atom. The molecule has 0 atom stereocenters. The maximum atomic E-state index is 11.4. The Bertz CT molecular complexity index is 361. The molecule has 14 heavy (non-hydrogen) atoms. The van der Waals surface area contributed by atoms with E-state index in [4.69, 9.17) is 0 Å². The quantitative estimate of drug-likeness (QED) is 0.717. The van der Waals surface area contributed by atoms with E-state index in [1.807, 2.05) is 13.0 Å². The predicted molar refractivity (Wildman–Crippen MR) is 52.0 cm³/mol. The number of aryl methyl sites for hydroxylation is 1. The van der Waals surface area contributed by atoms with E-state index in [0.717, 1.165) is 5.69 Å². The zero-order valence-corrected chi connectivity index (χ0v) is 8.20. The number of Topliss-reactive ketones (excluding diaryl/α,β-unsaturated/α-hetero) is 1. The molecule has 1 aromatic heterocycles. The molecule has 4 heteroatoms. The van der Waals surface area contributed by atoms with Crippen molar-refractivity contribution in [2.45, 2.75) is 13.8 Å². The smallest absolute Gasteiger partial charge is 0.217 e. The third kappa shape index (κ3) is 2.97. The van der Waals surface area contributed by atoms with Gasteiger partial charge in [-0.3, -0.25) is 9.59 Å². The zero-order chi connectivity index (χ0) is 10.6. The summed E-state index contributed by atoms with van der Waals surface area (Å²) in [5.41, 5.74) is 1.18. The SMILES string of the molecule is CC(=O)NCC(=O)c1cccc(C)n1. The van der Waals surface area contributed by atoms with Gasteiger partial charge in [0.05, 0.1) is 6.54 Å². The van der Waals surface area contributed by atoms with Gasteiger partial charge >= 0.3 is 0 Å². The first-order chi connectivity index (χ1) is 6.59. The standard InChI is InChI=1S/C10H12N2O2/c1-7-4-3-5-9(12-7)10(14)6-11-8(2)13/h3-5H,6H2,1-2H3,(H,11,13). The monoisotopic (exact) mass is 192 g/mol. The van der Waals surface area contributed by atoms with Gasteiger partial charge in [0.2, 0.25) is 5.91 Å². The summed E-state index contributed by atoms with van der Waals surface area (Å²) in [6.45, 7) is 3.19. The molecule has 0 aliphatic rings. The second-order valence-corrected chi connectivity index (χ2v) is 3.00. The lowest BCUT2D eigenvalue weighted by molar-refractivity contribution is -0.118. The summed E-state index contributed by atoms with van der Waals surface area (Å²) in [6.07, 6.45) is 0. The highest BCUT2D eigenvalue weighted by molar-refractivity contribution is 5.97. The number of amides is 1. The van der Waals surface area contributed by atoms with Gasteiger partial charge in [-0.2, -0.15) is 0 Å². The number of nitrogens with one attached hydrogen (secondary N) is 1. The highest BCUT2D eigenvalue weighted by Crippen LogP contribution is 1.98. The third-order valence-electron chi connectivity index (χ3n) is 1.67.